The molecule has 1 rings (SSSR count). The van der Waals surface area contributed by atoms with Crippen molar-refractivity contribution >= 4 is 34.8 Å². The average molecular weight is 275 g/mol. The highest BCUT2D eigenvalue weighted by Crippen LogP contribution is 2.29. The summed E-state index contributed by atoms with van der Waals surface area (Å²) in [6.45, 7) is 3.67. The van der Waals surface area contributed by atoms with Crippen LogP contribution in [-0.2, 0) is 4.79 Å². The van der Waals surface area contributed by atoms with Crippen molar-refractivity contribution in [1.29, 1.82) is 0 Å². The van der Waals surface area contributed by atoms with Crippen molar-refractivity contribution in [2.75, 3.05) is 18.4 Å². The molecule has 0 aliphatic rings. The Labute approximate surface area is 111 Å². The van der Waals surface area contributed by atoms with Crippen LogP contribution in [0, 0.1) is 0 Å². The largest absolute Gasteiger partial charge is 0.325 e. The van der Waals surface area contributed by atoms with E-state index in [1.165, 1.54) is 0 Å². The molecule has 94 valence electrons. The van der Waals surface area contributed by atoms with Gasteiger partial charge in [0.2, 0.25) is 5.91 Å². The van der Waals surface area contributed by atoms with E-state index in [-0.39, 0.29) is 5.91 Å². The molecule has 0 unspecified atom stereocenters. The Hall–Kier alpha value is -0.770. The number of benzene rings is 1. The third-order valence-electron chi connectivity index (χ3n) is 2.18. The first-order valence-corrected chi connectivity index (χ1v) is 6.35. The fourth-order valence-corrected chi connectivity index (χ4v) is 1.66. The van der Waals surface area contributed by atoms with Gasteiger partial charge in [-0.05, 0) is 25.1 Å². The van der Waals surface area contributed by atoms with Gasteiger partial charge < -0.3 is 10.6 Å². The van der Waals surface area contributed by atoms with Crippen LogP contribution in [0.15, 0.2) is 18.2 Å². The van der Waals surface area contributed by atoms with E-state index in [0.717, 1.165) is 13.0 Å². The van der Waals surface area contributed by atoms with Crippen molar-refractivity contribution in [3.8, 4) is 0 Å². The molecule has 0 atom stereocenters. The van der Waals surface area contributed by atoms with Crippen LogP contribution in [-0.4, -0.2) is 19.0 Å². The van der Waals surface area contributed by atoms with E-state index in [9.17, 15) is 4.79 Å². The number of hydrogen-bond donors (Lipinski definition) is 2. The zero-order valence-corrected chi connectivity index (χ0v) is 11.2. The molecular weight excluding hydrogens is 259 g/mol. The molecule has 0 fully saturated rings. The lowest BCUT2D eigenvalue weighted by molar-refractivity contribution is -0.116. The molecule has 0 aromatic heterocycles. The van der Waals surface area contributed by atoms with Crippen LogP contribution in [0.1, 0.15) is 19.8 Å². The Kier molecular flexibility index (Phi) is 6.34. The zero-order valence-electron chi connectivity index (χ0n) is 9.72. The molecule has 1 amide bonds. The predicted octanol–water partition coefficient (Wildman–Crippen LogP) is 3.32. The number of halogens is 2. The predicted molar refractivity (Wildman–Crippen MR) is 72.9 cm³/mol. The van der Waals surface area contributed by atoms with E-state index < -0.39 is 0 Å². The SMILES string of the molecule is CCCNCCC(=O)Nc1cccc(Cl)c1Cl. The van der Waals surface area contributed by atoms with Crippen LogP contribution in [0.3, 0.4) is 0 Å². The monoisotopic (exact) mass is 274 g/mol. The maximum absolute atomic E-state index is 11.6. The van der Waals surface area contributed by atoms with Crippen molar-refractivity contribution in [2.45, 2.75) is 19.8 Å². The minimum absolute atomic E-state index is 0.0715. The minimum Gasteiger partial charge on any atom is -0.325 e. The van der Waals surface area contributed by atoms with E-state index in [2.05, 4.69) is 17.6 Å². The second kappa shape index (κ2) is 7.54. The van der Waals surface area contributed by atoms with Gasteiger partial charge in [0.15, 0.2) is 0 Å². The second-order valence-electron chi connectivity index (χ2n) is 3.65. The molecule has 0 saturated heterocycles. The minimum atomic E-state index is -0.0715. The number of anilines is 1. The van der Waals surface area contributed by atoms with Crippen LogP contribution in [0.2, 0.25) is 10.0 Å². The van der Waals surface area contributed by atoms with Crippen molar-refractivity contribution in [1.82, 2.24) is 5.32 Å². The summed E-state index contributed by atoms with van der Waals surface area (Å²) in [5, 5.41) is 6.71. The Morgan fingerprint density at radius 1 is 1.29 bits per heavy atom. The summed E-state index contributed by atoms with van der Waals surface area (Å²) in [7, 11) is 0. The summed E-state index contributed by atoms with van der Waals surface area (Å²) in [6, 6.07) is 5.16. The van der Waals surface area contributed by atoms with Crippen LogP contribution in [0.5, 0.6) is 0 Å². The number of carbonyl (C=O) groups is 1. The maximum atomic E-state index is 11.6. The van der Waals surface area contributed by atoms with Gasteiger partial charge in [-0.1, -0.05) is 36.2 Å². The summed E-state index contributed by atoms with van der Waals surface area (Å²) in [4.78, 5) is 11.6. The topological polar surface area (TPSA) is 41.1 Å². The van der Waals surface area contributed by atoms with E-state index >= 15 is 0 Å². The van der Waals surface area contributed by atoms with Gasteiger partial charge in [-0.15, -0.1) is 0 Å². The Balaban J connectivity index is 2.43. The summed E-state index contributed by atoms with van der Waals surface area (Å²) in [5.74, 6) is -0.0715. The first-order valence-electron chi connectivity index (χ1n) is 5.59. The summed E-state index contributed by atoms with van der Waals surface area (Å²) in [6.07, 6.45) is 1.48. The van der Waals surface area contributed by atoms with Crippen molar-refractivity contribution in [3.63, 3.8) is 0 Å². The highest BCUT2D eigenvalue weighted by molar-refractivity contribution is 6.43. The first-order chi connectivity index (χ1) is 8.15. The molecular formula is C12H16Cl2N2O. The Morgan fingerprint density at radius 3 is 2.76 bits per heavy atom. The summed E-state index contributed by atoms with van der Waals surface area (Å²) in [5.41, 5.74) is 0.555. The van der Waals surface area contributed by atoms with Crippen molar-refractivity contribution in [3.05, 3.63) is 28.2 Å². The van der Waals surface area contributed by atoms with Gasteiger partial charge in [-0.25, -0.2) is 0 Å². The fourth-order valence-electron chi connectivity index (χ4n) is 1.32. The zero-order chi connectivity index (χ0) is 12.7. The Morgan fingerprint density at radius 2 is 2.06 bits per heavy atom. The van der Waals surface area contributed by atoms with Crippen LogP contribution >= 0.6 is 23.2 Å². The molecule has 5 heteroatoms. The number of carbonyl (C=O) groups excluding carboxylic acids is 1. The van der Waals surface area contributed by atoms with Gasteiger partial charge in [0.25, 0.3) is 0 Å². The van der Waals surface area contributed by atoms with Gasteiger partial charge in [-0.3, -0.25) is 4.79 Å². The molecule has 17 heavy (non-hydrogen) atoms. The number of rotatable bonds is 6. The van der Waals surface area contributed by atoms with Gasteiger partial charge in [0, 0.05) is 13.0 Å². The number of nitrogens with one attached hydrogen (secondary N) is 2. The lowest BCUT2D eigenvalue weighted by Crippen LogP contribution is -2.22. The fraction of sp³-hybridized carbons (Fsp3) is 0.417. The standard InChI is InChI=1S/C12H16Cl2N2O/c1-2-7-15-8-6-11(17)16-10-5-3-4-9(13)12(10)14/h3-5,15H,2,6-8H2,1H3,(H,16,17). The third-order valence-corrected chi connectivity index (χ3v) is 3.00. The lowest BCUT2D eigenvalue weighted by atomic mass is 10.3. The van der Waals surface area contributed by atoms with Crippen LogP contribution < -0.4 is 10.6 Å². The highest BCUT2D eigenvalue weighted by Gasteiger charge is 2.07. The molecule has 0 bridgehead atoms. The number of amides is 1. The molecule has 0 aliphatic heterocycles. The normalized spacial score (nSPS) is 10.3. The van der Waals surface area contributed by atoms with Crippen LogP contribution in [0.25, 0.3) is 0 Å². The molecule has 3 nitrogen and oxygen atoms in total. The number of hydrogen-bond acceptors (Lipinski definition) is 2. The van der Waals surface area contributed by atoms with Gasteiger partial charge in [0.05, 0.1) is 15.7 Å². The average Bonchev–Trinajstić information content (AvgIpc) is 2.31. The second-order valence-corrected chi connectivity index (χ2v) is 4.43. The van der Waals surface area contributed by atoms with E-state index in [1.807, 2.05) is 0 Å². The molecule has 0 aliphatic carbocycles. The summed E-state index contributed by atoms with van der Waals surface area (Å²) >= 11 is 11.8. The van der Waals surface area contributed by atoms with Crippen molar-refractivity contribution in [2.24, 2.45) is 0 Å². The van der Waals surface area contributed by atoms with Crippen molar-refractivity contribution < 1.29 is 4.79 Å². The molecule has 1 aromatic rings. The third kappa shape index (κ3) is 4.94. The first kappa shape index (κ1) is 14.3. The van der Waals surface area contributed by atoms with E-state index in [1.54, 1.807) is 18.2 Å². The molecule has 0 radical (unpaired) electrons. The molecule has 0 heterocycles. The van der Waals surface area contributed by atoms with Gasteiger partial charge in [0.1, 0.15) is 0 Å². The van der Waals surface area contributed by atoms with E-state index in [0.29, 0.717) is 28.7 Å². The molecule has 0 spiro atoms. The smallest absolute Gasteiger partial charge is 0.225 e. The maximum Gasteiger partial charge on any atom is 0.225 e. The quantitative estimate of drug-likeness (QED) is 0.782. The van der Waals surface area contributed by atoms with E-state index in [4.69, 9.17) is 23.2 Å². The molecule has 2 N–H and O–H groups in total. The lowest BCUT2D eigenvalue weighted by Gasteiger charge is -2.08. The summed E-state index contributed by atoms with van der Waals surface area (Å²) < 4.78 is 0. The molecule has 0 saturated carbocycles. The molecule has 1 aromatic carbocycles. The van der Waals surface area contributed by atoms with Crippen LogP contribution in [0.4, 0.5) is 5.69 Å². The highest BCUT2D eigenvalue weighted by atomic mass is 35.5. The van der Waals surface area contributed by atoms with Gasteiger partial charge in [-0.2, -0.15) is 0 Å². The van der Waals surface area contributed by atoms with Gasteiger partial charge >= 0.3 is 0 Å². The Bertz CT molecular complexity index is 383.